The van der Waals surface area contributed by atoms with Crippen LogP contribution in [0.15, 0.2) is 46.7 Å². The van der Waals surface area contributed by atoms with Crippen molar-refractivity contribution in [2.75, 3.05) is 49.4 Å². The number of ether oxygens (including phenoxy) is 2. The number of nitrogens with one attached hydrogen (secondary N) is 3. The van der Waals surface area contributed by atoms with Crippen LogP contribution < -0.4 is 25.4 Å². The van der Waals surface area contributed by atoms with Crippen LogP contribution in [0.3, 0.4) is 0 Å². The summed E-state index contributed by atoms with van der Waals surface area (Å²) in [7, 11) is 0. The molecule has 0 atom stereocenters. The number of halogens is 5. The smallest absolute Gasteiger partial charge is 0.226 e. The zero-order chi connectivity index (χ0) is 40.5. The number of rotatable bonds is 10. The minimum Gasteiger partial charge on any atom is -0.476 e. The second-order valence-corrected chi connectivity index (χ2v) is 17.0. The summed E-state index contributed by atoms with van der Waals surface area (Å²) in [6.45, 7) is 4.50. The van der Waals surface area contributed by atoms with E-state index in [1.807, 2.05) is 35.6 Å². The van der Waals surface area contributed by atoms with Gasteiger partial charge in [0.25, 0.3) is 0 Å². The maximum atomic E-state index is 12.6. The van der Waals surface area contributed by atoms with Crippen LogP contribution in [0.25, 0.3) is 0 Å². The van der Waals surface area contributed by atoms with Crippen molar-refractivity contribution in [2.24, 2.45) is 11.8 Å². The number of carbonyl (C=O) groups excluding carboxylic acids is 2. The Labute approximate surface area is 365 Å². The van der Waals surface area contributed by atoms with Gasteiger partial charge in [0.1, 0.15) is 24.8 Å². The van der Waals surface area contributed by atoms with Gasteiger partial charge in [-0.3, -0.25) is 9.59 Å². The average Bonchev–Trinajstić information content (AvgIpc) is 4.09. The van der Waals surface area contributed by atoms with Crippen molar-refractivity contribution in [3.05, 3.63) is 78.7 Å². The highest BCUT2D eigenvalue weighted by atomic mass is 35.5. The molecule has 4 aliphatic rings. The highest BCUT2D eigenvalue weighted by Crippen LogP contribution is 2.35. The Morgan fingerprint density at radius 3 is 1.79 bits per heavy atom. The normalized spacial score (nSPS) is 15.7. The fourth-order valence-corrected chi connectivity index (χ4v) is 7.52. The molecule has 0 unspecified atom stereocenters. The Hall–Kier alpha value is -2.95. The lowest BCUT2D eigenvalue weighted by atomic mass is 10.2. The summed E-state index contributed by atoms with van der Waals surface area (Å²) in [5.41, 5.74) is 3.60. The van der Waals surface area contributed by atoms with Crippen LogP contribution in [0.5, 0.6) is 11.8 Å². The van der Waals surface area contributed by atoms with E-state index in [9.17, 15) is 9.59 Å². The number of thioether (sulfide) groups is 2. The van der Waals surface area contributed by atoms with Crippen LogP contribution in [-0.4, -0.2) is 74.8 Å². The monoisotopic (exact) mass is 912 g/mol. The van der Waals surface area contributed by atoms with Gasteiger partial charge >= 0.3 is 0 Å². The van der Waals surface area contributed by atoms with Gasteiger partial charge in [-0.2, -0.15) is 9.97 Å². The van der Waals surface area contributed by atoms with Gasteiger partial charge in [-0.05, 0) is 85.2 Å². The summed E-state index contributed by atoms with van der Waals surface area (Å²) < 4.78 is 11.6. The topological polar surface area (TPSA) is 143 Å². The molecule has 0 saturated heterocycles. The molecule has 1 amide bonds. The molecule has 2 aromatic heterocycles. The molecule has 2 saturated carbocycles. The van der Waals surface area contributed by atoms with Crippen LogP contribution in [0.4, 0.5) is 11.6 Å². The quantitative estimate of drug-likeness (QED) is 0.0792. The van der Waals surface area contributed by atoms with E-state index in [0.29, 0.717) is 93.9 Å². The maximum absolute atomic E-state index is 12.6. The predicted octanol–water partition coefficient (Wildman–Crippen LogP) is 9.01. The summed E-state index contributed by atoms with van der Waals surface area (Å²) in [4.78, 5) is 42.5. The van der Waals surface area contributed by atoms with Gasteiger partial charge in [0.15, 0.2) is 10.3 Å². The standard InChI is InChI=1S/C19H20Cl2N4O2S.C15H16Cl2N4OS.C4H5ClO/c1-28-19-23-16(22-9-12-4-5-13(20)8-15(12)21)14-10-25(18(26)11-2-3-11)6-7-27-17(14)24-19;1-23-15-20-13(11-8-18-4-5-22-14(11)21-15)19-7-9-2-3-10(16)6-12(9)17;5-4(6)3-1-2-3/h4-5,8,11H,2-3,6-7,9-10H2,1H3,(H,22,23,24);2-3,6,18H,4-5,7-8H2,1H3,(H,19,20,21);3H,1-2H2. The number of amides is 1. The van der Waals surface area contributed by atoms with Gasteiger partial charge in [-0.15, -0.1) is 0 Å². The number of carbonyl (C=O) groups is 2. The van der Waals surface area contributed by atoms with Gasteiger partial charge in [0.05, 0.1) is 24.2 Å². The van der Waals surface area contributed by atoms with E-state index in [0.717, 1.165) is 60.3 Å². The SMILES string of the molecule is CSc1nc(NCc2ccc(Cl)cc2Cl)c2c(n1)OCCN(C(=O)C1CC1)C2.CSc1nc(NCc2ccc(Cl)cc2Cl)c2c(n1)OCCNC2.O=C(Cl)C1CC1. The Morgan fingerprint density at radius 1 is 0.772 bits per heavy atom. The van der Waals surface area contributed by atoms with Crippen molar-refractivity contribution in [1.29, 1.82) is 0 Å². The number of anilines is 2. The Bertz CT molecular complexity index is 2080. The van der Waals surface area contributed by atoms with Gasteiger partial charge in [0, 0.05) is 58.1 Å². The van der Waals surface area contributed by atoms with Gasteiger partial charge in [0.2, 0.25) is 22.9 Å². The van der Waals surface area contributed by atoms with Crippen molar-refractivity contribution >= 4 is 104 Å². The third-order valence-corrected chi connectivity index (χ3v) is 11.7. The molecule has 4 heterocycles. The largest absolute Gasteiger partial charge is 0.476 e. The molecule has 2 aliphatic heterocycles. The number of aromatic nitrogens is 4. The molecule has 2 aromatic carbocycles. The molecule has 8 rings (SSSR count). The van der Waals surface area contributed by atoms with E-state index in [2.05, 4.69) is 35.9 Å². The van der Waals surface area contributed by atoms with Crippen molar-refractivity contribution in [3.63, 3.8) is 0 Å². The minimum atomic E-state index is -0.157. The summed E-state index contributed by atoms with van der Waals surface area (Å²) >= 11 is 32.4. The highest BCUT2D eigenvalue weighted by molar-refractivity contribution is 7.98. The van der Waals surface area contributed by atoms with Crippen LogP contribution in [0, 0.1) is 11.8 Å². The molecule has 0 bridgehead atoms. The lowest BCUT2D eigenvalue weighted by Crippen LogP contribution is -2.33. The maximum Gasteiger partial charge on any atom is 0.226 e. The second kappa shape index (κ2) is 20.8. The third kappa shape index (κ3) is 12.5. The number of hydrogen-bond donors (Lipinski definition) is 3. The highest BCUT2D eigenvalue weighted by Gasteiger charge is 2.35. The zero-order valence-electron chi connectivity index (χ0n) is 31.2. The van der Waals surface area contributed by atoms with Crippen LogP contribution in [0.1, 0.15) is 47.9 Å². The first-order chi connectivity index (χ1) is 27.5. The molecule has 3 N–H and O–H groups in total. The molecule has 12 nitrogen and oxygen atoms in total. The van der Waals surface area contributed by atoms with Gasteiger partial charge in [-0.25, -0.2) is 9.97 Å². The Morgan fingerprint density at radius 2 is 1.30 bits per heavy atom. The Balaban J connectivity index is 0.000000170. The first-order valence-corrected chi connectivity index (χ1v) is 22.6. The predicted molar refractivity (Wildman–Crippen MR) is 230 cm³/mol. The van der Waals surface area contributed by atoms with Crippen molar-refractivity contribution in [3.8, 4) is 11.8 Å². The van der Waals surface area contributed by atoms with Crippen molar-refractivity contribution < 1.29 is 19.1 Å². The lowest BCUT2D eigenvalue weighted by Gasteiger charge is -2.21. The molecule has 0 radical (unpaired) electrons. The van der Waals surface area contributed by atoms with E-state index in [1.165, 1.54) is 23.5 Å². The molecular formula is C38H41Cl5N8O4S2. The van der Waals surface area contributed by atoms with Crippen molar-refractivity contribution in [1.82, 2.24) is 30.2 Å². The molecule has 2 aliphatic carbocycles. The zero-order valence-corrected chi connectivity index (χ0v) is 36.6. The van der Waals surface area contributed by atoms with Crippen LogP contribution >= 0.6 is 81.5 Å². The van der Waals surface area contributed by atoms with Gasteiger partial charge < -0.3 is 30.3 Å². The number of benzene rings is 2. The van der Waals surface area contributed by atoms with E-state index >= 15 is 0 Å². The molecule has 2 fully saturated rings. The van der Waals surface area contributed by atoms with E-state index < -0.39 is 0 Å². The van der Waals surface area contributed by atoms with Crippen LogP contribution in [-0.2, 0) is 35.8 Å². The molecular weight excluding hydrogens is 874 g/mol. The molecule has 57 heavy (non-hydrogen) atoms. The first-order valence-electron chi connectivity index (χ1n) is 18.2. The number of hydrogen-bond acceptors (Lipinski definition) is 13. The first kappa shape index (κ1) is 43.6. The van der Waals surface area contributed by atoms with E-state index in [1.54, 1.807) is 18.2 Å². The summed E-state index contributed by atoms with van der Waals surface area (Å²) in [5.74, 6) is 3.19. The van der Waals surface area contributed by atoms with Crippen LogP contribution in [0.2, 0.25) is 20.1 Å². The van der Waals surface area contributed by atoms with E-state index in [4.69, 9.17) is 67.5 Å². The van der Waals surface area contributed by atoms with Gasteiger partial charge in [-0.1, -0.05) is 82.1 Å². The minimum absolute atomic E-state index is 0.157. The molecule has 19 heteroatoms. The fourth-order valence-electron chi connectivity index (χ4n) is 5.63. The molecule has 304 valence electrons. The number of fused-ring (bicyclic) bond motifs is 2. The Kier molecular flexibility index (Phi) is 15.9. The third-order valence-electron chi connectivity index (χ3n) is 9.09. The summed E-state index contributed by atoms with van der Waals surface area (Å²) in [6.07, 6.45) is 7.85. The van der Waals surface area contributed by atoms with E-state index in [-0.39, 0.29) is 23.0 Å². The molecule has 0 spiro atoms. The second-order valence-electron chi connectivity index (χ2n) is 13.3. The molecule has 4 aromatic rings. The summed E-state index contributed by atoms with van der Waals surface area (Å²) in [5, 5.41) is 13.6. The fraction of sp³-hybridized carbons (Fsp3) is 0.421. The lowest BCUT2D eigenvalue weighted by molar-refractivity contribution is -0.133. The summed E-state index contributed by atoms with van der Waals surface area (Å²) in [6, 6.07) is 10.9. The van der Waals surface area contributed by atoms with Crippen molar-refractivity contribution in [2.45, 2.75) is 62.2 Å². The average molecular weight is 915 g/mol. The number of nitrogens with zero attached hydrogens (tertiary/aromatic N) is 5.